The highest BCUT2D eigenvalue weighted by Crippen LogP contribution is 2.30. The van der Waals surface area contributed by atoms with E-state index < -0.39 is 0 Å². The Kier molecular flexibility index (Phi) is 5.14. The number of aryl methyl sites for hydroxylation is 3. The number of hydrogen-bond acceptors (Lipinski definition) is 4. The first-order valence-electron chi connectivity index (χ1n) is 10.5. The van der Waals surface area contributed by atoms with Gasteiger partial charge in [-0.05, 0) is 82.8 Å². The van der Waals surface area contributed by atoms with Crippen LogP contribution in [0.4, 0.5) is 0 Å². The molecule has 0 aliphatic carbocycles. The Labute approximate surface area is 173 Å². The first-order valence-corrected chi connectivity index (χ1v) is 10.5. The molecule has 0 radical (unpaired) electrons. The van der Waals surface area contributed by atoms with Gasteiger partial charge in [0.15, 0.2) is 0 Å². The van der Waals surface area contributed by atoms with Crippen molar-refractivity contribution in [1.29, 1.82) is 5.26 Å². The van der Waals surface area contributed by atoms with Crippen LogP contribution in [0.15, 0.2) is 30.5 Å². The smallest absolute Gasteiger partial charge is 0.234 e. The highest BCUT2D eigenvalue weighted by molar-refractivity contribution is 5.91. The zero-order valence-corrected chi connectivity index (χ0v) is 17.9. The maximum Gasteiger partial charge on any atom is 0.234 e. The van der Waals surface area contributed by atoms with Crippen LogP contribution in [0.1, 0.15) is 50.1 Å². The molecule has 1 aromatic carbocycles. The molecule has 2 aromatic heterocycles. The fraction of sp³-hybridized carbons (Fsp3) is 0.458. The van der Waals surface area contributed by atoms with Crippen molar-refractivity contribution in [2.75, 3.05) is 13.1 Å². The third kappa shape index (κ3) is 3.77. The maximum atomic E-state index is 9.34. The lowest BCUT2D eigenvalue weighted by molar-refractivity contribution is 0.144. The van der Waals surface area contributed by atoms with Crippen LogP contribution >= 0.6 is 0 Å². The molecule has 5 heteroatoms. The van der Waals surface area contributed by atoms with Gasteiger partial charge in [-0.1, -0.05) is 12.1 Å². The third-order valence-electron chi connectivity index (χ3n) is 6.41. The van der Waals surface area contributed by atoms with E-state index in [4.69, 9.17) is 0 Å². The summed E-state index contributed by atoms with van der Waals surface area (Å²) in [6.07, 6.45) is 6.85. The molecular weight excluding hydrogens is 358 g/mol. The van der Waals surface area contributed by atoms with Crippen LogP contribution in [0.5, 0.6) is 0 Å². The van der Waals surface area contributed by atoms with E-state index in [1.165, 1.54) is 37.1 Å². The van der Waals surface area contributed by atoms with Gasteiger partial charge in [0, 0.05) is 29.7 Å². The molecule has 1 aliphatic heterocycles. The number of hydrogen-bond donors (Lipinski definition) is 0. The summed E-state index contributed by atoms with van der Waals surface area (Å²) in [6.45, 7) is 9.38. The monoisotopic (exact) mass is 387 g/mol. The van der Waals surface area contributed by atoms with Crippen LogP contribution in [0.2, 0.25) is 0 Å². The van der Waals surface area contributed by atoms with E-state index in [-0.39, 0.29) is 11.4 Å². The molecule has 29 heavy (non-hydrogen) atoms. The van der Waals surface area contributed by atoms with Gasteiger partial charge in [-0.3, -0.25) is 4.90 Å². The predicted octanol–water partition coefficient (Wildman–Crippen LogP) is 4.62. The summed E-state index contributed by atoms with van der Waals surface area (Å²) in [7, 11) is 1.94. The van der Waals surface area contributed by atoms with Crippen molar-refractivity contribution < 1.29 is 0 Å². The third-order valence-corrected chi connectivity index (χ3v) is 6.41. The molecule has 3 heterocycles. The number of benzene rings is 1. The summed E-state index contributed by atoms with van der Waals surface area (Å²) in [5, 5.41) is 10.3. The molecule has 0 spiro atoms. The topological polar surface area (TPSA) is 57.7 Å². The fourth-order valence-electron chi connectivity index (χ4n) is 4.45. The van der Waals surface area contributed by atoms with E-state index in [9.17, 15) is 5.26 Å². The normalized spacial score (nSPS) is 15.1. The van der Waals surface area contributed by atoms with Crippen LogP contribution in [-0.2, 0) is 13.5 Å². The SMILES string of the molecule is Cc1cc(-c2nc(C#N)nc3c2ccn3C)ccc1CCC(C)(C)N1CCCC1. The standard InChI is InChI=1S/C24H29N5/c1-17-15-19(22-20-10-14-28(4)23(20)27-21(16-25)26-22)8-7-18(17)9-11-24(2,3)29-12-5-6-13-29/h7-8,10,14-15H,5-6,9,11-13H2,1-4H3. The maximum absolute atomic E-state index is 9.34. The zero-order chi connectivity index (χ0) is 20.6. The van der Waals surface area contributed by atoms with Gasteiger partial charge in [0.25, 0.3) is 0 Å². The minimum absolute atomic E-state index is 0.211. The minimum atomic E-state index is 0.211. The lowest BCUT2D eigenvalue weighted by Crippen LogP contribution is -2.42. The van der Waals surface area contributed by atoms with Crippen LogP contribution < -0.4 is 0 Å². The average molecular weight is 388 g/mol. The molecule has 1 aliphatic rings. The van der Waals surface area contributed by atoms with Gasteiger partial charge in [-0.15, -0.1) is 0 Å². The Balaban J connectivity index is 1.61. The zero-order valence-electron chi connectivity index (χ0n) is 17.9. The van der Waals surface area contributed by atoms with Crippen molar-refractivity contribution >= 4 is 11.0 Å². The lowest BCUT2D eigenvalue weighted by atomic mass is 9.91. The van der Waals surface area contributed by atoms with Crippen LogP contribution in [0.25, 0.3) is 22.3 Å². The van der Waals surface area contributed by atoms with Crippen molar-refractivity contribution in [2.24, 2.45) is 7.05 Å². The Morgan fingerprint density at radius 2 is 1.90 bits per heavy atom. The molecule has 3 aromatic rings. The summed E-state index contributed by atoms with van der Waals surface area (Å²) < 4.78 is 1.93. The van der Waals surface area contributed by atoms with Gasteiger partial charge < -0.3 is 4.57 Å². The fourth-order valence-corrected chi connectivity index (χ4v) is 4.45. The van der Waals surface area contributed by atoms with Crippen LogP contribution in [0, 0.1) is 18.3 Å². The second-order valence-corrected chi connectivity index (χ2v) is 8.82. The summed E-state index contributed by atoms with van der Waals surface area (Å²) >= 11 is 0. The van der Waals surface area contributed by atoms with Crippen molar-refractivity contribution in [3.05, 3.63) is 47.4 Å². The Bertz CT molecular complexity index is 1080. The summed E-state index contributed by atoms with van der Waals surface area (Å²) in [5.74, 6) is 0.211. The number of rotatable bonds is 5. The highest BCUT2D eigenvalue weighted by atomic mass is 15.2. The van der Waals surface area contributed by atoms with Gasteiger partial charge >= 0.3 is 0 Å². The van der Waals surface area contributed by atoms with Crippen molar-refractivity contribution in [3.8, 4) is 17.3 Å². The lowest BCUT2D eigenvalue weighted by Gasteiger charge is -2.35. The van der Waals surface area contributed by atoms with E-state index in [1.54, 1.807) is 0 Å². The molecule has 0 N–H and O–H groups in total. The Morgan fingerprint density at radius 3 is 2.59 bits per heavy atom. The molecule has 0 saturated carbocycles. The average Bonchev–Trinajstić information content (AvgIpc) is 3.37. The van der Waals surface area contributed by atoms with E-state index in [2.05, 4.69) is 59.9 Å². The first kappa shape index (κ1) is 19.6. The van der Waals surface area contributed by atoms with E-state index in [0.29, 0.717) is 0 Å². The summed E-state index contributed by atoms with van der Waals surface area (Å²) in [4.78, 5) is 11.5. The summed E-state index contributed by atoms with van der Waals surface area (Å²) in [5.41, 5.74) is 5.58. The molecule has 0 amide bonds. The molecule has 5 nitrogen and oxygen atoms in total. The number of fused-ring (bicyclic) bond motifs is 1. The van der Waals surface area contributed by atoms with E-state index >= 15 is 0 Å². The van der Waals surface area contributed by atoms with Crippen molar-refractivity contribution in [3.63, 3.8) is 0 Å². The Hall–Kier alpha value is -2.71. The largest absolute Gasteiger partial charge is 0.335 e. The number of nitriles is 1. The minimum Gasteiger partial charge on any atom is -0.335 e. The predicted molar refractivity (Wildman–Crippen MR) is 117 cm³/mol. The molecule has 4 rings (SSSR count). The molecule has 0 bridgehead atoms. The molecular formula is C24H29N5. The van der Waals surface area contributed by atoms with E-state index in [0.717, 1.165) is 35.1 Å². The molecule has 0 unspecified atom stereocenters. The van der Waals surface area contributed by atoms with E-state index in [1.807, 2.05) is 23.9 Å². The van der Waals surface area contributed by atoms with Gasteiger partial charge in [-0.25, -0.2) is 9.97 Å². The van der Waals surface area contributed by atoms with Crippen molar-refractivity contribution in [1.82, 2.24) is 19.4 Å². The molecule has 1 fully saturated rings. The molecule has 0 atom stereocenters. The number of aromatic nitrogens is 3. The van der Waals surface area contributed by atoms with Gasteiger partial charge in [0.05, 0.1) is 5.69 Å². The molecule has 150 valence electrons. The second-order valence-electron chi connectivity index (χ2n) is 8.82. The first-order chi connectivity index (χ1) is 13.9. The molecule has 1 saturated heterocycles. The van der Waals surface area contributed by atoms with Gasteiger partial charge in [0.2, 0.25) is 5.82 Å². The number of nitrogens with zero attached hydrogens (tertiary/aromatic N) is 5. The van der Waals surface area contributed by atoms with Crippen LogP contribution in [0.3, 0.4) is 0 Å². The second kappa shape index (κ2) is 7.61. The quantitative estimate of drug-likeness (QED) is 0.641. The summed E-state index contributed by atoms with van der Waals surface area (Å²) in [6, 6.07) is 10.7. The van der Waals surface area contributed by atoms with Crippen molar-refractivity contribution in [2.45, 2.75) is 52.0 Å². The van der Waals surface area contributed by atoms with Crippen LogP contribution in [-0.4, -0.2) is 38.1 Å². The van der Waals surface area contributed by atoms with Gasteiger partial charge in [-0.2, -0.15) is 5.26 Å². The highest BCUT2D eigenvalue weighted by Gasteiger charge is 2.28. The van der Waals surface area contributed by atoms with Gasteiger partial charge in [0.1, 0.15) is 11.7 Å². The number of likely N-dealkylation sites (tertiary alicyclic amines) is 1. The Morgan fingerprint density at radius 1 is 1.14 bits per heavy atom.